The summed E-state index contributed by atoms with van der Waals surface area (Å²) >= 11 is 1.87. The molecule has 4 nitrogen and oxygen atoms in total. The maximum Gasteiger partial charge on any atom is 0.224 e. The number of halogens is 1. The molecule has 0 aromatic carbocycles. The minimum absolute atomic E-state index is 0.233. The van der Waals surface area contributed by atoms with Crippen molar-refractivity contribution in [2.45, 2.75) is 30.4 Å². The van der Waals surface area contributed by atoms with Crippen LogP contribution in [0.3, 0.4) is 0 Å². The topological polar surface area (TPSA) is 49.8 Å². The molecule has 0 bridgehead atoms. The van der Waals surface area contributed by atoms with Crippen LogP contribution in [0.25, 0.3) is 0 Å². The zero-order valence-electron chi connectivity index (χ0n) is 10.8. The molecule has 0 aliphatic heterocycles. The summed E-state index contributed by atoms with van der Waals surface area (Å²) in [6.45, 7) is 0.755. The highest BCUT2D eigenvalue weighted by molar-refractivity contribution is 8.00. The molecule has 1 heterocycles. The molecular formula is C12H19FN4S. The highest BCUT2D eigenvalue weighted by atomic mass is 32.2. The van der Waals surface area contributed by atoms with E-state index in [1.54, 1.807) is 7.05 Å². The number of nitrogens with one attached hydrogen (secondary N) is 2. The molecule has 0 saturated heterocycles. The lowest BCUT2D eigenvalue weighted by molar-refractivity contribution is 0.604. The molecule has 1 aromatic rings. The van der Waals surface area contributed by atoms with E-state index in [1.807, 2.05) is 11.8 Å². The van der Waals surface area contributed by atoms with Gasteiger partial charge in [0.2, 0.25) is 5.95 Å². The van der Waals surface area contributed by atoms with Crippen molar-refractivity contribution in [1.82, 2.24) is 9.97 Å². The van der Waals surface area contributed by atoms with Crippen LogP contribution >= 0.6 is 11.8 Å². The van der Waals surface area contributed by atoms with E-state index in [1.165, 1.54) is 31.9 Å². The standard InChI is InChI=1S/C12H19FN4S/c1-14-11-15-7-9(13)10(17-11)16-8-12(18-2)5-3-4-6-12/h7H,3-6,8H2,1-2H3,(H2,14,15,16,17). The molecule has 1 aliphatic rings. The van der Waals surface area contributed by atoms with E-state index >= 15 is 0 Å². The lowest BCUT2D eigenvalue weighted by atomic mass is 10.1. The predicted octanol–water partition coefficient (Wildman–Crippen LogP) is 2.75. The number of anilines is 2. The van der Waals surface area contributed by atoms with Crippen molar-refractivity contribution in [1.29, 1.82) is 0 Å². The molecule has 0 spiro atoms. The Morgan fingerprint density at radius 3 is 2.78 bits per heavy atom. The Morgan fingerprint density at radius 2 is 2.17 bits per heavy atom. The maximum atomic E-state index is 13.6. The predicted molar refractivity (Wildman–Crippen MR) is 74.7 cm³/mol. The van der Waals surface area contributed by atoms with Gasteiger partial charge < -0.3 is 10.6 Å². The minimum Gasteiger partial charge on any atom is -0.366 e. The van der Waals surface area contributed by atoms with Gasteiger partial charge in [0, 0.05) is 18.3 Å². The summed E-state index contributed by atoms with van der Waals surface area (Å²) in [5, 5.41) is 5.95. The van der Waals surface area contributed by atoms with E-state index < -0.39 is 5.82 Å². The molecule has 18 heavy (non-hydrogen) atoms. The van der Waals surface area contributed by atoms with Gasteiger partial charge in [0.1, 0.15) is 0 Å². The molecule has 2 rings (SSSR count). The fraction of sp³-hybridized carbons (Fsp3) is 0.667. The van der Waals surface area contributed by atoms with Gasteiger partial charge in [-0.2, -0.15) is 16.7 Å². The lowest BCUT2D eigenvalue weighted by Gasteiger charge is -2.27. The van der Waals surface area contributed by atoms with Gasteiger partial charge in [-0.25, -0.2) is 9.37 Å². The van der Waals surface area contributed by atoms with Gasteiger partial charge in [0.05, 0.1) is 6.20 Å². The molecule has 0 radical (unpaired) electrons. The largest absolute Gasteiger partial charge is 0.366 e. The van der Waals surface area contributed by atoms with E-state index in [0.717, 1.165) is 6.54 Å². The smallest absolute Gasteiger partial charge is 0.224 e. The second-order valence-electron chi connectivity index (χ2n) is 4.59. The Balaban J connectivity index is 2.05. The van der Waals surface area contributed by atoms with Gasteiger partial charge in [-0.15, -0.1) is 0 Å². The van der Waals surface area contributed by atoms with Crippen molar-refractivity contribution in [3.05, 3.63) is 12.0 Å². The highest BCUT2D eigenvalue weighted by Crippen LogP contribution is 2.40. The van der Waals surface area contributed by atoms with Crippen LogP contribution in [0.15, 0.2) is 6.20 Å². The summed E-state index contributed by atoms with van der Waals surface area (Å²) in [5.74, 6) is 0.321. The Kier molecular flexibility index (Phi) is 4.27. The zero-order chi connectivity index (χ0) is 13.0. The van der Waals surface area contributed by atoms with Crippen molar-refractivity contribution in [3.63, 3.8) is 0 Å². The first-order chi connectivity index (χ1) is 8.69. The van der Waals surface area contributed by atoms with E-state index in [4.69, 9.17) is 0 Å². The van der Waals surface area contributed by atoms with Crippen molar-refractivity contribution >= 4 is 23.5 Å². The molecule has 6 heteroatoms. The maximum absolute atomic E-state index is 13.6. The fourth-order valence-corrected chi connectivity index (χ4v) is 3.24. The monoisotopic (exact) mass is 270 g/mol. The second kappa shape index (κ2) is 5.73. The summed E-state index contributed by atoms with van der Waals surface area (Å²) < 4.78 is 13.8. The number of aromatic nitrogens is 2. The van der Waals surface area contributed by atoms with Crippen LogP contribution in [0.4, 0.5) is 16.2 Å². The fourth-order valence-electron chi connectivity index (χ4n) is 2.33. The van der Waals surface area contributed by atoms with Crippen LogP contribution in [-0.2, 0) is 0 Å². The van der Waals surface area contributed by atoms with Gasteiger partial charge in [-0.1, -0.05) is 12.8 Å². The summed E-state index contributed by atoms with van der Waals surface area (Å²) in [7, 11) is 1.72. The zero-order valence-corrected chi connectivity index (χ0v) is 11.6. The van der Waals surface area contributed by atoms with Crippen molar-refractivity contribution < 1.29 is 4.39 Å². The third kappa shape index (κ3) is 2.85. The Morgan fingerprint density at radius 1 is 1.44 bits per heavy atom. The van der Waals surface area contributed by atoms with Crippen LogP contribution in [0.1, 0.15) is 25.7 Å². The number of hydrogen-bond acceptors (Lipinski definition) is 5. The normalized spacial score (nSPS) is 17.7. The van der Waals surface area contributed by atoms with Gasteiger partial charge in [0.15, 0.2) is 11.6 Å². The highest BCUT2D eigenvalue weighted by Gasteiger charge is 2.33. The van der Waals surface area contributed by atoms with E-state index in [-0.39, 0.29) is 10.6 Å². The Labute approximate surface area is 111 Å². The molecule has 1 fully saturated rings. The quantitative estimate of drug-likeness (QED) is 0.861. The number of nitrogens with zero attached hydrogens (tertiary/aromatic N) is 2. The van der Waals surface area contributed by atoms with E-state index in [9.17, 15) is 4.39 Å². The number of thioether (sulfide) groups is 1. The molecule has 1 saturated carbocycles. The second-order valence-corrected chi connectivity index (χ2v) is 5.86. The van der Waals surface area contributed by atoms with E-state index in [0.29, 0.717) is 5.95 Å². The van der Waals surface area contributed by atoms with Crippen LogP contribution in [0.2, 0.25) is 0 Å². The molecule has 1 aromatic heterocycles. The van der Waals surface area contributed by atoms with Crippen LogP contribution in [0, 0.1) is 5.82 Å². The minimum atomic E-state index is -0.400. The average Bonchev–Trinajstić information content (AvgIpc) is 2.87. The first-order valence-electron chi connectivity index (χ1n) is 6.18. The molecule has 100 valence electrons. The van der Waals surface area contributed by atoms with Gasteiger partial charge in [-0.05, 0) is 19.1 Å². The van der Waals surface area contributed by atoms with Crippen LogP contribution < -0.4 is 10.6 Å². The van der Waals surface area contributed by atoms with Crippen molar-refractivity contribution in [2.75, 3.05) is 30.5 Å². The lowest BCUT2D eigenvalue weighted by Crippen LogP contribution is -2.30. The number of hydrogen-bond donors (Lipinski definition) is 2. The molecular weight excluding hydrogens is 251 g/mol. The van der Waals surface area contributed by atoms with Gasteiger partial charge in [0.25, 0.3) is 0 Å². The summed E-state index contributed by atoms with van der Waals surface area (Å²) in [6, 6.07) is 0. The SMILES string of the molecule is CNc1ncc(F)c(NCC2(SC)CCCC2)n1. The molecule has 0 amide bonds. The van der Waals surface area contributed by atoms with Crippen molar-refractivity contribution in [3.8, 4) is 0 Å². The molecule has 1 aliphatic carbocycles. The van der Waals surface area contributed by atoms with Crippen LogP contribution in [-0.4, -0.2) is 34.6 Å². The first kappa shape index (κ1) is 13.4. The average molecular weight is 270 g/mol. The Hall–Kier alpha value is -1.04. The molecule has 0 atom stereocenters. The summed E-state index contributed by atoms with van der Waals surface area (Å²) in [4.78, 5) is 7.93. The summed E-state index contributed by atoms with van der Waals surface area (Å²) in [6.07, 6.45) is 8.22. The Bertz CT molecular complexity index is 407. The van der Waals surface area contributed by atoms with Gasteiger partial charge in [-0.3, -0.25) is 0 Å². The third-order valence-electron chi connectivity index (χ3n) is 3.49. The van der Waals surface area contributed by atoms with Crippen LogP contribution in [0.5, 0.6) is 0 Å². The number of rotatable bonds is 5. The first-order valence-corrected chi connectivity index (χ1v) is 7.41. The van der Waals surface area contributed by atoms with Crippen molar-refractivity contribution in [2.24, 2.45) is 0 Å². The summed E-state index contributed by atoms with van der Waals surface area (Å²) in [5.41, 5.74) is 0. The molecule has 2 N–H and O–H groups in total. The third-order valence-corrected chi connectivity index (χ3v) is 4.91. The molecule has 0 unspecified atom stereocenters. The van der Waals surface area contributed by atoms with Gasteiger partial charge >= 0.3 is 0 Å². The van der Waals surface area contributed by atoms with E-state index in [2.05, 4.69) is 26.9 Å².